The monoisotopic (exact) mass is 220 g/mol. The maximum Gasteiger partial charge on any atom is 0.0924 e. The van der Waals surface area contributed by atoms with Crippen molar-refractivity contribution in [2.75, 3.05) is 6.61 Å². The van der Waals surface area contributed by atoms with Crippen LogP contribution >= 0.6 is 0 Å². The van der Waals surface area contributed by atoms with E-state index in [1.54, 1.807) is 0 Å². The molecule has 0 aromatic carbocycles. The first-order valence-corrected chi connectivity index (χ1v) is 6.29. The summed E-state index contributed by atoms with van der Waals surface area (Å²) in [5, 5.41) is 0. The molecule has 1 aliphatic rings. The molecule has 0 aromatic heterocycles. The average molecular weight is 220 g/mol. The summed E-state index contributed by atoms with van der Waals surface area (Å²) in [6.45, 7) is 7.42. The average Bonchev–Trinajstić information content (AvgIpc) is 2.70. The second-order valence-corrected chi connectivity index (χ2v) is 4.72. The van der Waals surface area contributed by atoms with E-state index < -0.39 is 0 Å². The van der Waals surface area contributed by atoms with Crippen LogP contribution < -0.4 is 0 Å². The van der Waals surface area contributed by atoms with E-state index >= 15 is 0 Å². The van der Waals surface area contributed by atoms with Crippen LogP contribution in [0.15, 0.2) is 35.1 Å². The fourth-order valence-electron chi connectivity index (χ4n) is 1.79. The Kier molecular flexibility index (Phi) is 5.99. The lowest BCUT2D eigenvalue weighted by molar-refractivity contribution is 0.234. The minimum absolute atomic E-state index is 0.888. The van der Waals surface area contributed by atoms with Crippen molar-refractivity contribution in [3.05, 3.63) is 35.1 Å². The molecule has 0 radical (unpaired) electrons. The molecule has 1 aliphatic heterocycles. The van der Waals surface area contributed by atoms with Gasteiger partial charge in [-0.05, 0) is 46.1 Å². The summed E-state index contributed by atoms with van der Waals surface area (Å²) in [6.07, 6.45) is 12.5. The molecule has 0 unspecified atom stereocenters. The van der Waals surface area contributed by atoms with Gasteiger partial charge in [0.2, 0.25) is 0 Å². The topological polar surface area (TPSA) is 9.23 Å². The summed E-state index contributed by atoms with van der Waals surface area (Å²) in [7, 11) is 0. The van der Waals surface area contributed by atoms with Gasteiger partial charge in [-0.3, -0.25) is 0 Å². The highest BCUT2D eigenvalue weighted by molar-refractivity contribution is 5.05. The molecule has 1 heteroatoms. The zero-order valence-electron chi connectivity index (χ0n) is 10.9. The van der Waals surface area contributed by atoms with Crippen molar-refractivity contribution in [2.24, 2.45) is 0 Å². The highest BCUT2D eigenvalue weighted by atomic mass is 16.5. The van der Waals surface area contributed by atoms with Gasteiger partial charge < -0.3 is 4.74 Å². The molecule has 0 atom stereocenters. The minimum Gasteiger partial charge on any atom is -0.498 e. The van der Waals surface area contributed by atoms with E-state index in [0.717, 1.165) is 25.9 Å². The number of hydrogen-bond donors (Lipinski definition) is 0. The van der Waals surface area contributed by atoms with Crippen molar-refractivity contribution in [2.45, 2.75) is 52.9 Å². The molecule has 1 rings (SSSR count). The van der Waals surface area contributed by atoms with Crippen LogP contribution in [0.5, 0.6) is 0 Å². The molecular weight excluding hydrogens is 196 g/mol. The first-order valence-electron chi connectivity index (χ1n) is 6.29. The van der Waals surface area contributed by atoms with E-state index in [9.17, 15) is 0 Å². The highest BCUT2D eigenvalue weighted by Crippen LogP contribution is 2.16. The first-order chi connectivity index (χ1) is 7.68. The molecule has 0 aromatic rings. The van der Waals surface area contributed by atoms with Crippen LogP contribution in [0.2, 0.25) is 0 Å². The normalized spacial score (nSPS) is 15.7. The van der Waals surface area contributed by atoms with Gasteiger partial charge in [0.15, 0.2) is 0 Å². The summed E-state index contributed by atoms with van der Waals surface area (Å²) < 4.78 is 5.47. The molecule has 0 aliphatic carbocycles. The Balaban J connectivity index is 2.15. The molecule has 16 heavy (non-hydrogen) atoms. The SMILES string of the molecule is CC(C)=CCCC(C)=CCCC1=CCCO1. The Hall–Kier alpha value is -0.980. The predicted octanol–water partition coefficient (Wildman–Crippen LogP) is 4.76. The van der Waals surface area contributed by atoms with Gasteiger partial charge in [-0.25, -0.2) is 0 Å². The molecule has 0 N–H and O–H groups in total. The van der Waals surface area contributed by atoms with Crippen LogP contribution in [0, 0.1) is 0 Å². The molecule has 0 saturated carbocycles. The Labute approximate surface area is 99.9 Å². The van der Waals surface area contributed by atoms with E-state index in [0.29, 0.717) is 0 Å². The number of hydrogen-bond acceptors (Lipinski definition) is 1. The first kappa shape index (κ1) is 13.1. The molecule has 0 bridgehead atoms. The van der Waals surface area contributed by atoms with Crippen molar-refractivity contribution < 1.29 is 4.74 Å². The Morgan fingerprint density at radius 2 is 2.06 bits per heavy atom. The van der Waals surface area contributed by atoms with Crippen LogP contribution in [0.25, 0.3) is 0 Å². The molecule has 0 saturated heterocycles. The van der Waals surface area contributed by atoms with E-state index in [4.69, 9.17) is 4.74 Å². The lowest BCUT2D eigenvalue weighted by atomic mass is 10.1. The minimum atomic E-state index is 0.888. The lowest BCUT2D eigenvalue weighted by Gasteiger charge is -2.02. The van der Waals surface area contributed by atoms with Crippen molar-refractivity contribution in [1.82, 2.24) is 0 Å². The van der Waals surface area contributed by atoms with Crippen LogP contribution in [0.3, 0.4) is 0 Å². The molecule has 0 amide bonds. The van der Waals surface area contributed by atoms with Crippen molar-refractivity contribution in [1.29, 1.82) is 0 Å². The van der Waals surface area contributed by atoms with Gasteiger partial charge in [0, 0.05) is 12.8 Å². The lowest BCUT2D eigenvalue weighted by Crippen LogP contribution is -1.85. The van der Waals surface area contributed by atoms with E-state index in [2.05, 4.69) is 39.0 Å². The third kappa shape index (κ3) is 5.79. The standard InChI is InChI=1S/C15H24O/c1-13(2)7-4-8-14(3)9-5-10-15-11-6-12-16-15/h7,9,11H,4-6,8,10,12H2,1-3H3. The van der Waals surface area contributed by atoms with Gasteiger partial charge in [-0.1, -0.05) is 23.3 Å². The maximum atomic E-state index is 5.47. The third-order valence-electron chi connectivity index (χ3n) is 2.75. The van der Waals surface area contributed by atoms with Gasteiger partial charge in [-0.2, -0.15) is 0 Å². The van der Waals surface area contributed by atoms with E-state index in [-0.39, 0.29) is 0 Å². The zero-order chi connectivity index (χ0) is 11.8. The van der Waals surface area contributed by atoms with Crippen LogP contribution in [0.4, 0.5) is 0 Å². The van der Waals surface area contributed by atoms with E-state index in [1.165, 1.54) is 29.7 Å². The fourth-order valence-corrected chi connectivity index (χ4v) is 1.79. The second-order valence-electron chi connectivity index (χ2n) is 4.72. The Morgan fingerprint density at radius 3 is 2.69 bits per heavy atom. The van der Waals surface area contributed by atoms with E-state index in [1.807, 2.05) is 0 Å². The third-order valence-corrected chi connectivity index (χ3v) is 2.75. The summed E-state index contributed by atoms with van der Waals surface area (Å²) in [5.41, 5.74) is 2.91. The number of allylic oxidation sites excluding steroid dienone is 5. The van der Waals surface area contributed by atoms with Crippen molar-refractivity contribution >= 4 is 0 Å². The summed E-state index contributed by atoms with van der Waals surface area (Å²) in [6, 6.07) is 0. The van der Waals surface area contributed by atoms with Gasteiger partial charge in [-0.15, -0.1) is 0 Å². The van der Waals surface area contributed by atoms with Gasteiger partial charge in [0.1, 0.15) is 0 Å². The van der Waals surface area contributed by atoms with Crippen molar-refractivity contribution in [3.8, 4) is 0 Å². The highest BCUT2D eigenvalue weighted by Gasteiger charge is 2.03. The van der Waals surface area contributed by atoms with Gasteiger partial charge >= 0.3 is 0 Å². The predicted molar refractivity (Wildman–Crippen MR) is 70.3 cm³/mol. The largest absolute Gasteiger partial charge is 0.498 e. The van der Waals surface area contributed by atoms with Crippen LogP contribution in [0.1, 0.15) is 52.9 Å². The molecule has 1 nitrogen and oxygen atoms in total. The van der Waals surface area contributed by atoms with Gasteiger partial charge in [0.05, 0.1) is 12.4 Å². The van der Waals surface area contributed by atoms with Crippen molar-refractivity contribution in [3.63, 3.8) is 0 Å². The van der Waals surface area contributed by atoms with Crippen LogP contribution in [-0.2, 0) is 4.74 Å². The fraction of sp³-hybridized carbons (Fsp3) is 0.600. The summed E-state index contributed by atoms with van der Waals surface area (Å²) in [4.78, 5) is 0. The Morgan fingerprint density at radius 1 is 1.25 bits per heavy atom. The summed E-state index contributed by atoms with van der Waals surface area (Å²) >= 11 is 0. The molecule has 0 spiro atoms. The second kappa shape index (κ2) is 7.32. The van der Waals surface area contributed by atoms with Gasteiger partial charge in [0.25, 0.3) is 0 Å². The molecule has 0 fully saturated rings. The summed E-state index contributed by atoms with van der Waals surface area (Å²) in [5.74, 6) is 1.19. The quantitative estimate of drug-likeness (QED) is 0.586. The number of rotatable bonds is 6. The van der Waals surface area contributed by atoms with Crippen LogP contribution in [-0.4, -0.2) is 6.61 Å². The Bertz CT molecular complexity index is 291. The molecular formula is C15H24O. The smallest absolute Gasteiger partial charge is 0.0924 e. The zero-order valence-corrected chi connectivity index (χ0v) is 10.9. The molecule has 90 valence electrons. The molecule has 1 heterocycles. The number of ether oxygens (including phenoxy) is 1. The maximum absolute atomic E-state index is 5.47.